The van der Waals surface area contributed by atoms with E-state index in [4.69, 9.17) is 4.74 Å². The summed E-state index contributed by atoms with van der Waals surface area (Å²) in [5.74, 6) is 0.151. The van der Waals surface area contributed by atoms with Crippen LogP contribution in [0.15, 0.2) is 12.3 Å². The summed E-state index contributed by atoms with van der Waals surface area (Å²) in [6.45, 7) is 4.28. The van der Waals surface area contributed by atoms with Crippen molar-refractivity contribution in [1.29, 1.82) is 0 Å². The molecule has 1 aromatic rings. The van der Waals surface area contributed by atoms with Gasteiger partial charge in [0.05, 0.1) is 0 Å². The maximum atomic E-state index is 11.6. The molecule has 0 aliphatic carbocycles. The molecule has 1 aromatic heterocycles. The summed E-state index contributed by atoms with van der Waals surface area (Å²) in [5, 5.41) is 4.05. The monoisotopic (exact) mass is 210 g/mol. The molecule has 1 atom stereocenters. The van der Waals surface area contributed by atoms with Gasteiger partial charge in [-0.25, -0.2) is 0 Å². The molecule has 1 rings (SSSR count). The molecule has 0 aromatic carbocycles. The van der Waals surface area contributed by atoms with Crippen LogP contribution in [0.5, 0.6) is 0 Å². The molecule has 0 spiro atoms. The van der Waals surface area contributed by atoms with E-state index in [0.717, 1.165) is 12.1 Å². The Morgan fingerprint density at radius 1 is 1.67 bits per heavy atom. The van der Waals surface area contributed by atoms with Crippen LogP contribution < -0.4 is 0 Å². The lowest BCUT2D eigenvalue weighted by atomic mass is 10.1. The second-order valence-corrected chi connectivity index (χ2v) is 3.51. The predicted octanol–water partition coefficient (Wildman–Crippen LogP) is 1.35. The van der Waals surface area contributed by atoms with Gasteiger partial charge in [0, 0.05) is 32.0 Å². The molecular formula is C11H18N2O2. The molecule has 15 heavy (non-hydrogen) atoms. The Morgan fingerprint density at radius 2 is 2.40 bits per heavy atom. The van der Waals surface area contributed by atoms with Gasteiger partial charge in [0.25, 0.3) is 0 Å². The number of hydrogen-bond acceptors (Lipinski definition) is 3. The summed E-state index contributed by atoms with van der Waals surface area (Å²) in [5.41, 5.74) is 1.08. The molecule has 84 valence electrons. The average molecular weight is 210 g/mol. The Kier molecular flexibility index (Phi) is 4.49. The molecule has 4 heteroatoms. The highest BCUT2D eigenvalue weighted by Crippen LogP contribution is 2.04. The number of Topliss-reactive ketones (excluding diaryl/α,β-unsaturated/α-hetero) is 1. The minimum Gasteiger partial charge on any atom is -0.371 e. The van der Waals surface area contributed by atoms with Crippen molar-refractivity contribution in [2.24, 2.45) is 7.05 Å². The highest BCUT2D eigenvalue weighted by atomic mass is 16.5. The molecule has 0 bridgehead atoms. The van der Waals surface area contributed by atoms with Gasteiger partial charge in [-0.1, -0.05) is 0 Å². The van der Waals surface area contributed by atoms with Crippen molar-refractivity contribution in [3.8, 4) is 0 Å². The van der Waals surface area contributed by atoms with Gasteiger partial charge >= 0.3 is 0 Å². The fourth-order valence-electron chi connectivity index (χ4n) is 1.44. The van der Waals surface area contributed by atoms with E-state index in [-0.39, 0.29) is 11.9 Å². The average Bonchev–Trinajstić information content (AvgIpc) is 2.61. The van der Waals surface area contributed by atoms with Gasteiger partial charge in [-0.15, -0.1) is 0 Å². The van der Waals surface area contributed by atoms with Gasteiger partial charge in [0.15, 0.2) is 5.78 Å². The maximum Gasteiger partial charge on any atom is 0.161 e. The van der Waals surface area contributed by atoms with Crippen LogP contribution in [-0.2, 0) is 23.0 Å². The molecule has 0 aliphatic heterocycles. The molecule has 0 N–H and O–H groups in total. The topological polar surface area (TPSA) is 44.1 Å². The van der Waals surface area contributed by atoms with Crippen molar-refractivity contribution >= 4 is 5.78 Å². The van der Waals surface area contributed by atoms with Crippen molar-refractivity contribution in [1.82, 2.24) is 9.78 Å². The fraction of sp³-hybridized carbons (Fsp3) is 0.636. The summed E-state index contributed by atoms with van der Waals surface area (Å²) < 4.78 is 7.02. The summed E-state index contributed by atoms with van der Waals surface area (Å²) in [7, 11) is 1.88. The van der Waals surface area contributed by atoms with Gasteiger partial charge in [-0.2, -0.15) is 5.10 Å². The third-order valence-electron chi connectivity index (χ3n) is 2.42. The lowest BCUT2D eigenvalue weighted by Crippen LogP contribution is -2.21. The number of aromatic nitrogens is 2. The minimum atomic E-state index is -0.289. The number of ketones is 1. The number of carbonyl (C=O) groups excluding carboxylic acids is 1. The fourth-order valence-corrected chi connectivity index (χ4v) is 1.44. The van der Waals surface area contributed by atoms with Crippen molar-refractivity contribution < 1.29 is 9.53 Å². The lowest BCUT2D eigenvalue weighted by molar-refractivity contribution is -0.129. The number of ether oxygens (including phenoxy) is 1. The Hall–Kier alpha value is -1.16. The van der Waals surface area contributed by atoms with E-state index in [1.54, 1.807) is 17.8 Å². The van der Waals surface area contributed by atoms with Crippen LogP contribution in [0.4, 0.5) is 0 Å². The number of nitrogens with zero attached hydrogens (tertiary/aromatic N) is 2. The van der Waals surface area contributed by atoms with Gasteiger partial charge in [-0.3, -0.25) is 9.48 Å². The van der Waals surface area contributed by atoms with Crippen molar-refractivity contribution in [3.05, 3.63) is 18.0 Å². The van der Waals surface area contributed by atoms with Crippen LogP contribution in [-0.4, -0.2) is 28.3 Å². The molecule has 0 aliphatic rings. The SMILES string of the molecule is CCOC(C)C(=O)CCc1ccnn1C. The van der Waals surface area contributed by atoms with Crippen LogP contribution in [0, 0.1) is 0 Å². The van der Waals surface area contributed by atoms with Gasteiger partial charge in [-0.05, 0) is 26.3 Å². The summed E-state index contributed by atoms with van der Waals surface area (Å²) >= 11 is 0. The van der Waals surface area contributed by atoms with Gasteiger partial charge in [0.1, 0.15) is 6.10 Å². The Labute approximate surface area is 90.2 Å². The van der Waals surface area contributed by atoms with E-state index < -0.39 is 0 Å². The van der Waals surface area contributed by atoms with E-state index in [9.17, 15) is 4.79 Å². The van der Waals surface area contributed by atoms with Crippen LogP contribution in [0.25, 0.3) is 0 Å². The van der Waals surface area contributed by atoms with E-state index in [1.807, 2.05) is 20.0 Å². The second-order valence-electron chi connectivity index (χ2n) is 3.51. The first kappa shape index (κ1) is 11.9. The molecule has 1 unspecified atom stereocenters. The molecule has 0 radical (unpaired) electrons. The van der Waals surface area contributed by atoms with E-state index in [0.29, 0.717) is 13.0 Å². The number of aryl methyl sites for hydroxylation is 2. The van der Waals surface area contributed by atoms with Gasteiger partial charge < -0.3 is 4.74 Å². The smallest absolute Gasteiger partial charge is 0.161 e. The summed E-state index contributed by atoms with van der Waals surface area (Å²) in [6, 6.07) is 1.93. The first-order valence-electron chi connectivity index (χ1n) is 5.26. The molecular weight excluding hydrogens is 192 g/mol. The van der Waals surface area contributed by atoms with Crippen LogP contribution in [0.3, 0.4) is 0 Å². The van der Waals surface area contributed by atoms with Crippen LogP contribution in [0.2, 0.25) is 0 Å². The Bertz CT molecular complexity index is 320. The number of rotatable bonds is 6. The zero-order valence-electron chi connectivity index (χ0n) is 9.56. The predicted molar refractivity (Wildman–Crippen MR) is 57.6 cm³/mol. The first-order valence-corrected chi connectivity index (χ1v) is 5.26. The molecule has 0 fully saturated rings. The van der Waals surface area contributed by atoms with Crippen molar-refractivity contribution in [2.75, 3.05) is 6.61 Å². The van der Waals surface area contributed by atoms with Crippen LogP contribution >= 0.6 is 0 Å². The summed E-state index contributed by atoms with van der Waals surface area (Å²) in [4.78, 5) is 11.6. The first-order chi connectivity index (χ1) is 7.15. The quantitative estimate of drug-likeness (QED) is 0.711. The highest BCUT2D eigenvalue weighted by molar-refractivity contribution is 5.82. The second kappa shape index (κ2) is 5.66. The third kappa shape index (κ3) is 3.47. The molecule has 0 saturated carbocycles. The zero-order chi connectivity index (χ0) is 11.3. The highest BCUT2D eigenvalue weighted by Gasteiger charge is 2.12. The number of carbonyl (C=O) groups is 1. The van der Waals surface area contributed by atoms with E-state index in [2.05, 4.69) is 5.10 Å². The standard InChI is InChI=1S/C11H18N2O2/c1-4-15-9(2)11(14)6-5-10-7-8-12-13(10)3/h7-9H,4-6H2,1-3H3. The molecule has 0 amide bonds. The minimum absolute atomic E-state index is 0.151. The maximum absolute atomic E-state index is 11.6. The van der Waals surface area contributed by atoms with Gasteiger partial charge in [0.2, 0.25) is 0 Å². The molecule has 4 nitrogen and oxygen atoms in total. The molecule has 0 saturated heterocycles. The normalized spacial score (nSPS) is 12.7. The number of hydrogen-bond donors (Lipinski definition) is 0. The summed E-state index contributed by atoms with van der Waals surface area (Å²) in [6.07, 6.45) is 2.70. The van der Waals surface area contributed by atoms with E-state index in [1.165, 1.54) is 0 Å². The zero-order valence-corrected chi connectivity index (χ0v) is 9.56. The third-order valence-corrected chi connectivity index (χ3v) is 2.42. The Balaban J connectivity index is 2.37. The van der Waals surface area contributed by atoms with Crippen molar-refractivity contribution in [3.63, 3.8) is 0 Å². The lowest BCUT2D eigenvalue weighted by Gasteiger charge is -2.09. The molecule has 1 heterocycles. The van der Waals surface area contributed by atoms with Crippen LogP contribution in [0.1, 0.15) is 26.0 Å². The Morgan fingerprint density at radius 3 is 2.93 bits per heavy atom. The largest absolute Gasteiger partial charge is 0.371 e. The van der Waals surface area contributed by atoms with Crippen molar-refractivity contribution in [2.45, 2.75) is 32.8 Å². The van der Waals surface area contributed by atoms with E-state index >= 15 is 0 Å².